The Balaban J connectivity index is 2.62. The smallest absolute Gasteiger partial charge is 0.166 e. The van der Waals surface area contributed by atoms with Gasteiger partial charge < -0.3 is 14.6 Å². The van der Waals surface area contributed by atoms with Gasteiger partial charge in [0.05, 0.1) is 20.3 Å². The summed E-state index contributed by atoms with van der Waals surface area (Å²) in [4.78, 5) is 0. The summed E-state index contributed by atoms with van der Waals surface area (Å²) >= 11 is 0. The van der Waals surface area contributed by atoms with Gasteiger partial charge in [-0.15, -0.1) is 0 Å². The number of methoxy groups -OCH3 is 2. The van der Waals surface area contributed by atoms with E-state index in [2.05, 4.69) is 13.8 Å². The number of hydrogen-bond acceptors (Lipinski definition) is 3. The first-order valence-corrected chi connectivity index (χ1v) is 6.50. The fraction of sp³-hybridized carbons (Fsp3) is 0.600. The molecule has 2 unspecified atom stereocenters. The second kappa shape index (κ2) is 5.19. The van der Waals surface area contributed by atoms with E-state index < -0.39 is 6.10 Å². The van der Waals surface area contributed by atoms with E-state index >= 15 is 0 Å². The second-order valence-corrected chi connectivity index (χ2v) is 5.22. The summed E-state index contributed by atoms with van der Waals surface area (Å²) in [5.41, 5.74) is 3.33. The lowest BCUT2D eigenvalue weighted by molar-refractivity contribution is 0.145. The van der Waals surface area contributed by atoms with Gasteiger partial charge in [0.1, 0.15) is 0 Å². The highest BCUT2D eigenvalue weighted by atomic mass is 16.5. The minimum atomic E-state index is -0.457. The van der Waals surface area contributed by atoms with Gasteiger partial charge in [0.2, 0.25) is 0 Å². The zero-order valence-corrected chi connectivity index (χ0v) is 11.6. The van der Waals surface area contributed by atoms with Crippen LogP contribution in [0.25, 0.3) is 0 Å². The van der Waals surface area contributed by atoms with Crippen molar-refractivity contribution in [3.05, 3.63) is 22.8 Å². The van der Waals surface area contributed by atoms with Crippen LogP contribution in [0.1, 0.15) is 42.6 Å². The molecule has 1 aromatic carbocycles. The van der Waals surface area contributed by atoms with E-state index in [4.69, 9.17) is 9.47 Å². The molecular weight excluding hydrogens is 228 g/mol. The average molecular weight is 250 g/mol. The Morgan fingerprint density at radius 3 is 2.61 bits per heavy atom. The summed E-state index contributed by atoms with van der Waals surface area (Å²) < 4.78 is 10.8. The Kier molecular flexibility index (Phi) is 3.81. The molecular formula is C15H22O3. The molecule has 3 nitrogen and oxygen atoms in total. The second-order valence-electron chi connectivity index (χ2n) is 5.22. The quantitative estimate of drug-likeness (QED) is 0.820. The number of hydrogen-bond donors (Lipinski definition) is 1. The molecule has 1 aliphatic carbocycles. The first kappa shape index (κ1) is 13.2. The summed E-state index contributed by atoms with van der Waals surface area (Å²) in [5.74, 6) is 1.93. The van der Waals surface area contributed by atoms with Crippen LogP contribution in [0.3, 0.4) is 0 Å². The molecule has 18 heavy (non-hydrogen) atoms. The summed E-state index contributed by atoms with van der Waals surface area (Å²) in [6.07, 6.45) is 2.44. The van der Waals surface area contributed by atoms with Gasteiger partial charge in [0.25, 0.3) is 0 Å². The maximum Gasteiger partial charge on any atom is 0.166 e. The number of aliphatic hydroxyl groups excluding tert-OH is 1. The van der Waals surface area contributed by atoms with E-state index in [9.17, 15) is 5.11 Å². The van der Waals surface area contributed by atoms with Crippen molar-refractivity contribution in [2.45, 2.75) is 39.2 Å². The number of ether oxygens (including phenoxy) is 2. The molecule has 0 spiro atoms. The largest absolute Gasteiger partial charge is 0.493 e. The molecule has 3 heteroatoms. The van der Waals surface area contributed by atoms with Gasteiger partial charge in [-0.2, -0.15) is 0 Å². The number of aliphatic hydroxyl groups is 1. The molecule has 2 atom stereocenters. The van der Waals surface area contributed by atoms with Crippen LogP contribution in [0.15, 0.2) is 6.07 Å². The van der Waals surface area contributed by atoms with Gasteiger partial charge in [-0.25, -0.2) is 0 Å². The fourth-order valence-corrected chi connectivity index (χ4v) is 2.89. The lowest BCUT2D eigenvalue weighted by Gasteiger charge is -2.20. The van der Waals surface area contributed by atoms with Crippen molar-refractivity contribution in [2.75, 3.05) is 14.2 Å². The predicted molar refractivity (Wildman–Crippen MR) is 71.3 cm³/mol. The van der Waals surface area contributed by atoms with Crippen LogP contribution in [0.4, 0.5) is 0 Å². The number of fused-ring (bicyclic) bond motifs is 1. The SMILES string of the molecule is COc1cc(C)c2c(c1OC)C(O)CC(C)CC2. The summed E-state index contributed by atoms with van der Waals surface area (Å²) in [5, 5.41) is 10.4. The van der Waals surface area contributed by atoms with Crippen LogP contribution in [0, 0.1) is 12.8 Å². The van der Waals surface area contributed by atoms with Crippen molar-refractivity contribution in [3.63, 3.8) is 0 Å². The first-order valence-electron chi connectivity index (χ1n) is 6.50. The van der Waals surface area contributed by atoms with Gasteiger partial charge in [-0.05, 0) is 49.3 Å². The topological polar surface area (TPSA) is 38.7 Å². The average Bonchev–Trinajstić information content (AvgIpc) is 2.49. The molecule has 1 aromatic rings. The van der Waals surface area contributed by atoms with E-state index in [1.165, 1.54) is 11.1 Å². The van der Waals surface area contributed by atoms with Crippen molar-refractivity contribution < 1.29 is 14.6 Å². The monoisotopic (exact) mass is 250 g/mol. The van der Waals surface area contributed by atoms with Crippen LogP contribution in [0.5, 0.6) is 11.5 Å². The highest BCUT2D eigenvalue weighted by Gasteiger charge is 2.27. The van der Waals surface area contributed by atoms with Crippen molar-refractivity contribution in [1.29, 1.82) is 0 Å². The Bertz CT molecular complexity index is 440. The number of aryl methyl sites for hydroxylation is 1. The maximum atomic E-state index is 10.4. The summed E-state index contributed by atoms with van der Waals surface area (Å²) in [6.45, 7) is 4.26. The lowest BCUT2D eigenvalue weighted by atomic mass is 9.94. The molecule has 0 radical (unpaired) electrons. The highest BCUT2D eigenvalue weighted by molar-refractivity contribution is 5.55. The van der Waals surface area contributed by atoms with Crippen molar-refractivity contribution in [3.8, 4) is 11.5 Å². The molecule has 0 amide bonds. The van der Waals surface area contributed by atoms with E-state index in [1.807, 2.05) is 6.07 Å². The molecule has 0 fully saturated rings. The summed E-state index contributed by atoms with van der Waals surface area (Å²) in [6, 6.07) is 2.00. The van der Waals surface area contributed by atoms with Crippen molar-refractivity contribution in [1.82, 2.24) is 0 Å². The highest BCUT2D eigenvalue weighted by Crippen LogP contribution is 2.43. The Labute approximate surface area is 109 Å². The Morgan fingerprint density at radius 2 is 2.00 bits per heavy atom. The minimum Gasteiger partial charge on any atom is -0.493 e. The normalized spacial score (nSPS) is 23.2. The van der Waals surface area contributed by atoms with Crippen LogP contribution < -0.4 is 9.47 Å². The molecule has 100 valence electrons. The van der Waals surface area contributed by atoms with E-state index in [-0.39, 0.29) is 0 Å². The molecule has 0 heterocycles. The molecule has 2 rings (SSSR count). The van der Waals surface area contributed by atoms with Crippen LogP contribution in [0.2, 0.25) is 0 Å². The molecule has 0 aromatic heterocycles. The molecule has 1 aliphatic rings. The predicted octanol–water partition coefficient (Wildman–Crippen LogP) is 3.02. The third kappa shape index (κ3) is 2.19. The first-order chi connectivity index (χ1) is 8.58. The number of benzene rings is 1. The van der Waals surface area contributed by atoms with Crippen LogP contribution >= 0.6 is 0 Å². The zero-order valence-electron chi connectivity index (χ0n) is 11.6. The molecule has 0 saturated carbocycles. The third-order valence-corrected chi connectivity index (χ3v) is 3.89. The van der Waals surface area contributed by atoms with Crippen LogP contribution in [-0.4, -0.2) is 19.3 Å². The van der Waals surface area contributed by atoms with Gasteiger partial charge >= 0.3 is 0 Å². The molecule has 0 saturated heterocycles. The zero-order chi connectivity index (χ0) is 13.3. The maximum absolute atomic E-state index is 10.4. The molecule has 0 aliphatic heterocycles. The minimum absolute atomic E-state index is 0.457. The van der Waals surface area contributed by atoms with Gasteiger partial charge in [-0.3, -0.25) is 0 Å². The van der Waals surface area contributed by atoms with Crippen molar-refractivity contribution in [2.24, 2.45) is 5.92 Å². The van der Waals surface area contributed by atoms with E-state index in [0.29, 0.717) is 17.4 Å². The third-order valence-electron chi connectivity index (χ3n) is 3.89. The standard InChI is InChI=1S/C15H22O3/c1-9-5-6-11-10(2)8-13(17-3)15(18-4)14(11)12(16)7-9/h8-9,12,16H,5-7H2,1-4H3. The van der Waals surface area contributed by atoms with Crippen LogP contribution in [-0.2, 0) is 6.42 Å². The lowest BCUT2D eigenvalue weighted by Crippen LogP contribution is -2.07. The van der Waals surface area contributed by atoms with Gasteiger partial charge in [0.15, 0.2) is 11.5 Å². The Hall–Kier alpha value is -1.22. The molecule has 1 N–H and O–H groups in total. The van der Waals surface area contributed by atoms with E-state index in [0.717, 1.165) is 24.8 Å². The van der Waals surface area contributed by atoms with E-state index in [1.54, 1.807) is 14.2 Å². The summed E-state index contributed by atoms with van der Waals surface area (Å²) in [7, 11) is 3.27. The van der Waals surface area contributed by atoms with Gasteiger partial charge in [-0.1, -0.05) is 6.92 Å². The number of rotatable bonds is 2. The fourth-order valence-electron chi connectivity index (χ4n) is 2.89. The van der Waals surface area contributed by atoms with Gasteiger partial charge in [0, 0.05) is 5.56 Å². The Morgan fingerprint density at radius 1 is 1.28 bits per heavy atom. The van der Waals surface area contributed by atoms with Crippen molar-refractivity contribution >= 4 is 0 Å². The molecule has 0 bridgehead atoms.